The Morgan fingerprint density at radius 3 is 2.50 bits per heavy atom. The molecule has 100 valence electrons. The van der Waals surface area contributed by atoms with Crippen molar-refractivity contribution < 1.29 is 5.11 Å². The van der Waals surface area contributed by atoms with E-state index < -0.39 is 0 Å². The molecule has 0 radical (unpaired) electrons. The van der Waals surface area contributed by atoms with Crippen molar-refractivity contribution in [3.05, 3.63) is 29.8 Å². The number of anilines is 1. The van der Waals surface area contributed by atoms with Gasteiger partial charge in [0.05, 0.1) is 6.10 Å². The first-order valence-corrected chi connectivity index (χ1v) is 6.92. The van der Waals surface area contributed by atoms with Crippen LogP contribution in [-0.2, 0) is 0 Å². The lowest BCUT2D eigenvalue weighted by Gasteiger charge is -2.23. The van der Waals surface area contributed by atoms with Crippen LogP contribution in [0.2, 0.25) is 0 Å². The molecule has 2 rings (SSSR count). The molecular weight excluding hydrogens is 224 g/mol. The minimum absolute atomic E-state index is 0.325. The van der Waals surface area contributed by atoms with E-state index in [4.69, 9.17) is 0 Å². The van der Waals surface area contributed by atoms with E-state index >= 15 is 0 Å². The topological polar surface area (TPSA) is 26.7 Å². The van der Waals surface area contributed by atoms with Crippen LogP contribution in [0.3, 0.4) is 0 Å². The monoisotopic (exact) mass is 248 g/mol. The SMILES string of the molecule is CC[C@H](O)c1ccc(N2CCCN(C)CC2)cc1. The Hall–Kier alpha value is -1.06. The van der Waals surface area contributed by atoms with E-state index in [0.29, 0.717) is 0 Å². The number of rotatable bonds is 3. The highest BCUT2D eigenvalue weighted by Gasteiger charge is 2.13. The van der Waals surface area contributed by atoms with Gasteiger partial charge in [-0.1, -0.05) is 19.1 Å². The maximum absolute atomic E-state index is 9.79. The molecule has 0 aromatic heterocycles. The molecule has 0 unspecified atom stereocenters. The van der Waals surface area contributed by atoms with Crippen molar-refractivity contribution in [3.63, 3.8) is 0 Å². The average Bonchev–Trinajstić information content (AvgIpc) is 2.63. The first-order chi connectivity index (χ1) is 8.70. The third-order valence-electron chi connectivity index (χ3n) is 3.75. The maximum atomic E-state index is 9.79. The molecule has 1 N–H and O–H groups in total. The highest BCUT2D eigenvalue weighted by Crippen LogP contribution is 2.21. The number of hydrogen-bond donors (Lipinski definition) is 1. The third-order valence-corrected chi connectivity index (χ3v) is 3.75. The lowest BCUT2D eigenvalue weighted by molar-refractivity contribution is 0.173. The molecule has 0 spiro atoms. The Bertz CT molecular complexity index is 363. The van der Waals surface area contributed by atoms with E-state index in [1.54, 1.807) is 0 Å². The molecule has 0 aliphatic carbocycles. The number of hydrogen-bond acceptors (Lipinski definition) is 3. The molecule has 1 aromatic carbocycles. The van der Waals surface area contributed by atoms with Gasteiger partial charge in [0.2, 0.25) is 0 Å². The van der Waals surface area contributed by atoms with Gasteiger partial charge >= 0.3 is 0 Å². The molecule has 1 fully saturated rings. The fourth-order valence-corrected chi connectivity index (χ4v) is 2.45. The molecule has 1 aromatic rings. The molecule has 0 amide bonds. The molecule has 0 bridgehead atoms. The van der Waals surface area contributed by atoms with Gasteiger partial charge in [0.25, 0.3) is 0 Å². The van der Waals surface area contributed by atoms with E-state index in [0.717, 1.165) is 31.6 Å². The van der Waals surface area contributed by atoms with Gasteiger partial charge in [0.1, 0.15) is 0 Å². The van der Waals surface area contributed by atoms with Gasteiger partial charge in [0, 0.05) is 25.3 Å². The average molecular weight is 248 g/mol. The summed E-state index contributed by atoms with van der Waals surface area (Å²) in [7, 11) is 2.18. The molecule has 1 aliphatic heterocycles. The summed E-state index contributed by atoms with van der Waals surface area (Å²) in [5.41, 5.74) is 2.30. The second kappa shape index (κ2) is 6.21. The summed E-state index contributed by atoms with van der Waals surface area (Å²) in [4.78, 5) is 4.82. The molecule has 1 atom stereocenters. The van der Waals surface area contributed by atoms with Crippen molar-refractivity contribution in [3.8, 4) is 0 Å². The predicted octanol–water partition coefficient (Wildman–Crippen LogP) is 2.27. The van der Waals surface area contributed by atoms with Crippen molar-refractivity contribution in [2.45, 2.75) is 25.9 Å². The van der Waals surface area contributed by atoms with Gasteiger partial charge < -0.3 is 14.9 Å². The smallest absolute Gasteiger partial charge is 0.0787 e. The number of nitrogens with zero attached hydrogens (tertiary/aromatic N) is 2. The van der Waals surface area contributed by atoms with Gasteiger partial charge in [-0.2, -0.15) is 0 Å². The maximum Gasteiger partial charge on any atom is 0.0787 e. The van der Waals surface area contributed by atoms with Crippen molar-refractivity contribution in [2.75, 3.05) is 38.1 Å². The second-order valence-electron chi connectivity index (χ2n) is 5.16. The fraction of sp³-hybridized carbons (Fsp3) is 0.600. The van der Waals surface area contributed by atoms with Gasteiger partial charge in [0.15, 0.2) is 0 Å². The van der Waals surface area contributed by atoms with Crippen LogP contribution in [0.5, 0.6) is 0 Å². The van der Waals surface area contributed by atoms with Crippen molar-refractivity contribution in [1.29, 1.82) is 0 Å². The summed E-state index contributed by atoms with van der Waals surface area (Å²) < 4.78 is 0. The predicted molar refractivity (Wildman–Crippen MR) is 76.0 cm³/mol. The zero-order valence-electron chi connectivity index (χ0n) is 11.5. The first-order valence-electron chi connectivity index (χ1n) is 6.92. The molecule has 3 nitrogen and oxygen atoms in total. The molecule has 1 saturated heterocycles. The van der Waals surface area contributed by atoms with E-state index in [2.05, 4.69) is 41.1 Å². The van der Waals surface area contributed by atoms with Crippen molar-refractivity contribution >= 4 is 5.69 Å². The van der Waals surface area contributed by atoms with Crippen LogP contribution in [0.25, 0.3) is 0 Å². The first kappa shape index (κ1) is 13.4. The third kappa shape index (κ3) is 3.24. The minimum Gasteiger partial charge on any atom is -0.388 e. The van der Waals surface area contributed by atoms with Gasteiger partial charge in [-0.05, 0) is 44.1 Å². The van der Waals surface area contributed by atoms with E-state index in [1.807, 2.05) is 6.92 Å². The van der Waals surface area contributed by atoms with Gasteiger partial charge in [-0.3, -0.25) is 0 Å². The Morgan fingerprint density at radius 1 is 1.11 bits per heavy atom. The molecule has 1 heterocycles. The molecular formula is C15H24N2O. The summed E-state index contributed by atoms with van der Waals surface area (Å²) in [5.74, 6) is 0. The van der Waals surface area contributed by atoms with E-state index in [-0.39, 0.29) is 6.10 Å². The molecule has 18 heavy (non-hydrogen) atoms. The quantitative estimate of drug-likeness (QED) is 0.889. The Kier molecular flexibility index (Phi) is 4.61. The normalized spacial score (nSPS) is 19.6. The van der Waals surface area contributed by atoms with Crippen LogP contribution >= 0.6 is 0 Å². The Balaban J connectivity index is 2.04. The number of aliphatic hydroxyl groups excluding tert-OH is 1. The zero-order chi connectivity index (χ0) is 13.0. The summed E-state index contributed by atoms with van der Waals surface area (Å²) in [6.45, 7) is 6.53. The summed E-state index contributed by atoms with van der Waals surface area (Å²) in [6.07, 6.45) is 1.67. The van der Waals surface area contributed by atoms with Crippen LogP contribution in [0, 0.1) is 0 Å². The van der Waals surface area contributed by atoms with Crippen LogP contribution in [-0.4, -0.2) is 43.2 Å². The lowest BCUT2D eigenvalue weighted by atomic mass is 10.1. The highest BCUT2D eigenvalue weighted by molar-refractivity contribution is 5.48. The summed E-state index contributed by atoms with van der Waals surface area (Å²) in [6, 6.07) is 8.38. The standard InChI is InChI=1S/C15H24N2O/c1-3-15(18)13-5-7-14(8-6-13)17-10-4-9-16(2)11-12-17/h5-8,15,18H,3-4,9-12H2,1-2H3/t15-/m0/s1. The molecule has 3 heteroatoms. The van der Waals surface area contributed by atoms with Crippen molar-refractivity contribution in [1.82, 2.24) is 4.90 Å². The Morgan fingerprint density at radius 2 is 1.83 bits per heavy atom. The highest BCUT2D eigenvalue weighted by atomic mass is 16.3. The molecule has 1 aliphatic rings. The van der Waals surface area contributed by atoms with Crippen LogP contribution in [0.15, 0.2) is 24.3 Å². The number of benzene rings is 1. The lowest BCUT2D eigenvalue weighted by Crippen LogP contribution is -2.28. The number of aliphatic hydroxyl groups is 1. The summed E-state index contributed by atoms with van der Waals surface area (Å²) >= 11 is 0. The second-order valence-corrected chi connectivity index (χ2v) is 5.16. The number of likely N-dealkylation sites (N-methyl/N-ethyl adjacent to an activating group) is 1. The fourth-order valence-electron chi connectivity index (χ4n) is 2.45. The van der Waals surface area contributed by atoms with Crippen molar-refractivity contribution in [2.24, 2.45) is 0 Å². The zero-order valence-corrected chi connectivity index (χ0v) is 11.5. The van der Waals surface area contributed by atoms with Crippen LogP contribution in [0.4, 0.5) is 5.69 Å². The van der Waals surface area contributed by atoms with E-state index in [1.165, 1.54) is 18.7 Å². The van der Waals surface area contributed by atoms with Crippen LogP contribution < -0.4 is 4.90 Å². The molecule has 0 saturated carbocycles. The van der Waals surface area contributed by atoms with Crippen LogP contribution in [0.1, 0.15) is 31.4 Å². The minimum atomic E-state index is -0.325. The summed E-state index contributed by atoms with van der Waals surface area (Å²) in [5, 5.41) is 9.79. The van der Waals surface area contributed by atoms with E-state index in [9.17, 15) is 5.11 Å². The van der Waals surface area contributed by atoms with Gasteiger partial charge in [-0.25, -0.2) is 0 Å². The Labute approximate surface area is 110 Å². The van der Waals surface area contributed by atoms with Gasteiger partial charge in [-0.15, -0.1) is 0 Å². The largest absolute Gasteiger partial charge is 0.388 e.